The molecular formula is C32H31N3. The van der Waals surface area contributed by atoms with Crippen LogP contribution in [0, 0.1) is 0 Å². The largest absolute Gasteiger partial charge is 0.341 e. The van der Waals surface area contributed by atoms with E-state index in [9.17, 15) is 0 Å². The maximum atomic E-state index is 2.69. The van der Waals surface area contributed by atoms with E-state index in [1.165, 1.54) is 49.6 Å². The van der Waals surface area contributed by atoms with Crippen LogP contribution < -0.4 is 0 Å². The Labute approximate surface area is 207 Å². The molecule has 0 N–H and O–H groups in total. The molecule has 0 amide bonds. The molecule has 0 unspecified atom stereocenters. The van der Waals surface area contributed by atoms with Gasteiger partial charge in [-0.1, -0.05) is 78.9 Å². The van der Waals surface area contributed by atoms with Gasteiger partial charge in [-0.05, 0) is 46.9 Å². The normalized spacial score (nSPS) is 16.7. The van der Waals surface area contributed by atoms with Gasteiger partial charge in [-0.2, -0.15) is 0 Å². The fraction of sp³-hybridized carbons (Fsp3) is 0.250. The summed E-state index contributed by atoms with van der Waals surface area (Å²) in [5.74, 6) is 0. The number of hydrogen-bond acceptors (Lipinski definition) is 2. The number of fused-ring (bicyclic) bond motifs is 6. The molecule has 4 aromatic carbocycles. The van der Waals surface area contributed by atoms with Gasteiger partial charge in [0.1, 0.15) is 0 Å². The van der Waals surface area contributed by atoms with E-state index in [-0.39, 0.29) is 0 Å². The summed E-state index contributed by atoms with van der Waals surface area (Å²) < 4.78 is 2.46. The Balaban J connectivity index is 1.11. The van der Waals surface area contributed by atoms with Crippen LogP contribution in [0.5, 0.6) is 0 Å². The number of hydrogen-bond donors (Lipinski definition) is 0. The van der Waals surface area contributed by atoms with Gasteiger partial charge in [-0.3, -0.25) is 9.80 Å². The van der Waals surface area contributed by atoms with Crippen LogP contribution in [0.1, 0.15) is 29.7 Å². The molecule has 5 aromatic rings. The molecule has 1 fully saturated rings. The predicted octanol–water partition coefficient (Wildman–Crippen LogP) is 6.70. The monoisotopic (exact) mass is 457 g/mol. The van der Waals surface area contributed by atoms with Crippen LogP contribution in [0.15, 0.2) is 91.0 Å². The smallest absolute Gasteiger partial charge is 0.0614 e. The summed E-state index contributed by atoms with van der Waals surface area (Å²) in [7, 11) is 0. The summed E-state index contributed by atoms with van der Waals surface area (Å²) in [6, 6.07) is 34.2. The summed E-state index contributed by atoms with van der Waals surface area (Å²) in [4.78, 5) is 5.32. The molecule has 0 spiro atoms. The Hall–Kier alpha value is -3.40. The molecule has 1 saturated heterocycles. The lowest BCUT2D eigenvalue weighted by atomic mass is 10.0. The van der Waals surface area contributed by atoms with E-state index in [0.29, 0.717) is 6.04 Å². The standard InChI is InChI=1S/C32H31N3/c1-2-35-30-14-8-7-11-26(30)27-16-15-23(21-31(27)35)22-33-17-19-34(20-18-33)32-28-12-5-3-9-24(28)25-10-4-6-13-29(25)32/h3-16,21,32H,2,17-20,22H2,1H3. The summed E-state index contributed by atoms with van der Waals surface area (Å²) in [6.45, 7) is 8.68. The average Bonchev–Trinajstić information content (AvgIpc) is 3.41. The number of nitrogens with zero attached hydrogens (tertiary/aromatic N) is 3. The first-order valence-corrected chi connectivity index (χ1v) is 13.0. The van der Waals surface area contributed by atoms with Crippen LogP contribution in [0.25, 0.3) is 32.9 Å². The zero-order valence-electron chi connectivity index (χ0n) is 20.3. The van der Waals surface area contributed by atoms with Gasteiger partial charge in [-0.15, -0.1) is 0 Å². The Morgan fingerprint density at radius 2 is 1.29 bits per heavy atom. The summed E-state index contributed by atoms with van der Waals surface area (Å²) >= 11 is 0. The van der Waals surface area contributed by atoms with Gasteiger partial charge in [0, 0.05) is 61.1 Å². The molecule has 3 heteroatoms. The van der Waals surface area contributed by atoms with Crippen LogP contribution in [-0.4, -0.2) is 40.5 Å². The molecule has 0 saturated carbocycles. The Morgan fingerprint density at radius 3 is 2.00 bits per heavy atom. The van der Waals surface area contributed by atoms with Crippen LogP contribution in [-0.2, 0) is 13.1 Å². The molecule has 7 rings (SSSR count). The summed E-state index contributed by atoms with van der Waals surface area (Å²) in [5.41, 5.74) is 9.89. The van der Waals surface area contributed by atoms with Gasteiger partial charge in [0.15, 0.2) is 0 Å². The molecule has 3 nitrogen and oxygen atoms in total. The van der Waals surface area contributed by atoms with Crippen molar-refractivity contribution >= 4 is 21.8 Å². The minimum atomic E-state index is 0.390. The van der Waals surface area contributed by atoms with Gasteiger partial charge in [0.2, 0.25) is 0 Å². The Bertz CT molecular complexity index is 1490. The van der Waals surface area contributed by atoms with E-state index < -0.39 is 0 Å². The second kappa shape index (κ2) is 8.37. The number of aromatic nitrogens is 1. The fourth-order valence-electron chi connectivity index (χ4n) is 6.49. The van der Waals surface area contributed by atoms with Crippen molar-refractivity contribution < 1.29 is 0 Å². The van der Waals surface area contributed by atoms with Crippen molar-refractivity contribution in [1.82, 2.24) is 14.4 Å². The number of benzene rings is 4. The zero-order chi connectivity index (χ0) is 23.4. The number of piperazine rings is 1. The quantitative estimate of drug-likeness (QED) is 0.297. The lowest BCUT2D eigenvalue weighted by molar-refractivity contribution is 0.106. The fourth-order valence-corrected chi connectivity index (χ4v) is 6.49. The van der Waals surface area contributed by atoms with E-state index >= 15 is 0 Å². The number of para-hydroxylation sites is 1. The SMILES string of the molecule is CCn1c2ccccc2c2ccc(CN3CCN(C4c5ccccc5-c5ccccc54)CC3)cc21. The van der Waals surface area contributed by atoms with Crippen molar-refractivity contribution in [1.29, 1.82) is 0 Å². The lowest BCUT2D eigenvalue weighted by Crippen LogP contribution is -2.47. The molecule has 35 heavy (non-hydrogen) atoms. The highest BCUT2D eigenvalue weighted by Gasteiger charge is 2.34. The highest BCUT2D eigenvalue weighted by Crippen LogP contribution is 2.46. The van der Waals surface area contributed by atoms with Gasteiger partial charge in [-0.25, -0.2) is 0 Å². The molecule has 2 aliphatic rings. The van der Waals surface area contributed by atoms with Crippen molar-refractivity contribution in [3.63, 3.8) is 0 Å². The van der Waals surface area contributed by atoms with Gasteiger partial charge >= 0.3 is 0 Å². The van der Waals surface area contributed by atoms with Crippen LogP contribution >= 0.6 is 0 Å². The highest BCUT2D eigenvalue weighted by molar-refractivity contribution is 6.08. The molecule has 0 atom stereocenters. The molecule has 1 aromatic heterocycles. The molecule has 2 heterocycles. The second-order valence-electron chi connectivity index (χ2n) is 10.0. The first-order valence-electron chi connectivity index (χ1n) is 13.0. The molecule has 174 valence electrons. The predicted molar refractivity (Wildman–Crippen MR) is 146 cm³/mol. The summed E-state index contributed by atoms with van der Waals surface area (Å²) in [5, 5.41) is 2.73. The van der Waals surface area contributed by atoms with Gasteiger partial charge in [0.05, 0.1) is 6.04 Å². The third-order valence-corrected chi connectivity index (χ3v) is 8.13. The zero-order valence-corrected chi connectivity index (χ0v) is 20.3. The number of aryl methyl sites for hydroxylation is 1. The molecule has 1 aliphatic heterocycles. The van der Waals surface area contributed by atoms with Crippen LogP contribution in [0.3, 0.4) is 0 Å². The van der Waals surface area contributed by atoms with Crippen LogP contribution in [0.4, 0.5) is 0 Å². The minimum absolute atomic E-state index is 0.390. The van der Waals surface area contributed by atoms with Crippen molar-refractivity contribution in [3.05, 3.63) is 108 Å². The van der Waals surface area contributed by atoms with E-state index in [0.717, 1.165) is 39.3 Å². The third-order valence-electron chi connectivity index (χ3n) is 8.13. The van der Waals surface area contributed by atoms with Crippen molar-refractivity contribution in [3.8, 4) is 11.1 Å². The third kappa shape index (κ3) is 3.34. The second-order valence-corrected chi connectivity index (χ2v) is 10.0. The maximum absolute atomic E-state index is 2.69. The first kappa shape index (κ1) is 20.9. The van der Waals surface area contributed by atoms with E-state index in [2.05, 4.69) is 112 Å². The molecule has 0 bridgehead atoms. The maximum Gasteiger partial charge on any atom is 0.0614 e. The highest BCUT2D eigenvalue weighted by atomic mass is 15.3. The minimum Gasteiger partial charge on any atom is -0.341 e. The average molecular weight is 458 g/mol. The van der Waals surface area contributed by atoms with E-state index in [4.69, 9.17) is 0 Å². The van der Waals surface area contributed by atoms with Crippen LogP contribution in [0.2, 0.25) is 0 Å². The van der Waals surface area contributed by atoms with E-state index in [1.54, 1.807) is 0 Å². The summed E-state index contributed by atoms with van der Waals surface area (Å²) in [6.07, 6.45) is 0. The van der Waals surface area contributed by atoms with Gasteiger partial charge in [0.25, 0.3) is 0 Å². The molecular weight excluding hydrogens is 426 g/mol. The Kier molecular flexibility index (Phi) is 5.00. The van der Waals surface area contributed by atoms with Gasteiger partial charge < -0.3 is 4.57 Å². The van der Waals surface area contributed by atoms with Crippen molar-refractivity contribution in [2.24, 2.45) is 0 Å². The first-order chi connectivity index (χ1) is 17.3. The topological polar surface area (TPSA) is 11.4 Å². The van der Waals surface area contributed by atoms with Crippen molar-refractivity contribution in [2.75, 3.05) is 26.2 Å². The number of rotatable bonds is 4. The Morgan fingerprint density at radius 1 is 0.657 bits per heavy atom. The van der Waals surface area contributed by atoms with E-state index in [1.807, 2.05) is 0 Å². The molecule has 1 aliphatic carbocycles. The van der Waals surface area contributed by atoms with Crippen molar-refractivity contribution in [2.45, 2.75) is 26.1 Å². The molecule has 0 radical (unpaired) electrons. The lowest BCUT2D eigenvalue weighted by Gasteiger charge is -2.38.